The molecule has 0 aromatic heterocycles. The molecule has 4 heteroatoms. The van der Waals surface area contributed by atoms with Crippen molar-refractivity contribution in [3.63, 3.8) is 0 Å². The van der Waals surface area contributed by atoms with Crippen LogP contribution in [0, 0.1) is 5.82 Å². The zero-order valence-corrected chi connectivity index (χ0v) is 10.3. The summed E-state index contributed by atoms with van der Waals surface area (Å²) in [6, 6.07) is 7.01. The molecule has 0 saturated carbocycles. The lowest BCUT2D eigenvalue weighted by Gasteiger charge is -2.23. The molecule has 1 aliphatic heterocycles. The average Bonchev–Trinajstić information content (AvgIpc) is 2.74. The van der Waals surface area contributed by atoms with Gasteiger partial charge in [0.25, 0.3) is 0 Å². The highest BCUT2D eigenvalue weighted by molar-refractivity contribution is 5.66. The van der Waals surface area contributed by atoms with Crippen molar-refractivity contribution in [3.05, 3.63) is 35.6 Å². The lowest BCUT2D eigenvalue weighted by molar-refractivity contribution is -0.137. The van der Waals surface area contributed by atoms with E-state index >= 15 is 0 Å². The van der Waals surface area contributed by atoms with Crippen molar-refractivity contribution in [1.29, 1.82) is 0 Å². The van der Waals surface area contributed by atoms with E-state index in [1.165, 1.54) is 6.07 Å². The van der Waals surface area contributed by atoms with E-state index in [-0.39, 0.29) is 12.2 Å². The Hall–Kier alpha value is -1.42. The smallest absolute Gasteiger partial charge is 0.304 e. The van der Waals surface area contributed by atoms with E-state index in [0.717, 1.165) is 31.4 Å². The number of aliphatic carboxylic acids is 1. The molecule has 1 fully saturated rings. The summed E-state index contributed by atoms with van der Waals surface area (Å²) in [5, 5.41) is 8.71. The maximum Gasteiger partial charge on any atom is 0.304 e. The van der Waals surface area contributed by atoms with Gasteiger partial charge >= 0.3 is 5.97 Å². The quantitative estimate of drug-likeness (QED) is 0.873. The van der Waals surface area contributed by atoms with Crippen LogP contribution < -0.4 is 0 Å². The van der Waals surface area contributed by atoms with Gasteiger partial charge in [0.2, 0.25) is 0 Å². The molecule has 1 aromatic carbocycles. The van der Waals surface area contributed by atoms with Crippen LogP contribution in [-0.4, -0.2) is 35.1 Å². The molecule has 0 bridgehead atoms. The van der Waals surface area contributed by atoms with E-state index in [1.807, 2.05) is 6.07 Å². The Morgan fingerprint density at radius 2 is 2.33 bits per heavy atom. The van der Waals surface area contributed by atoms with Crippen LogP contribution in [0.2, 0.25) is 0 Å². The van der Waals surface area contributed by atoms with E-state index in [9.17, 15) is 9.18 Å². The highest BCUT2D eigenvalue weighted by Gasteiger charge is 2.24. The first-order chi connectivity index (χ1) is 8.65. The van der Waals surface area contributed by atoms with E-state index < -0.39 is 5.97 Å². The molecule has 1 aromatic rings. The van der Waals surface area contributed by atoms with Crippen molar-refractivity contribution >= 4 is 5.97 Å². The van der Waals surface area contributed by atoms with Crippen LogP contribution in [0.4, 0.5) is 4.39 Å². The van der Waals surface area contributed by atoms with Gasteiger partial charge in [-0.05, 0) is 43.5 Å². The van der Waals surface area contributed by atoms with Crippen LogP contribution in [0.5, 0.6) is 0 Å². The molecule has 1 heterocycles. The molecule has 0 amide bonds. The summed E-state index contributed by atoms with van der Waals surface area (Å²) in [5.74, 6) is -0.964. The summed E-state index contributed by atoms with van der Waals surface area (Å²) in [5.41, 5.74) is 0.988. The SMILES string of the molecule is O=C(O)CCN1CCC[C@H]1Cc1cccc(F)c1. The first kappa shape index (κ1) is 13.0. The fourth-order valence-electron chi connectivity index (χ4n) is 2.60. The summed E-state index contributed by atoms with van der Waals surface area (Å²) >= 11 is 0. The Kier molecular flexibility index (Phi) is 4.31. The molecule has 1 atom stereocenters. The van der Waals surface area contributed by atoms with E-state index in [4.69, 9.17) is 5.11 Å². The number of benzene rings is 1. The second-order valence-corrected chi connectivity index (χ2v) is 4.81. The summed E-state index contributed by atoms with van der Waals surface area (Å²) in [6.45, 7) is 1.54. The van der Waals surface area contributed by atoms with Gasteiger partial charge in [-0.3, -0.25) is 9.69 Å². The molecule has 0 radical (unpaired) electrons. The van der Waals surface area contributed by atoms with Crippen LogP contribution in [0.15, 0.2) is 24.3 Å². The minimum atomic E-state index is -0.758. The Bertz CT molecular complexity index is 422. The molecular weight excluding hydrogens is 233 g/mol. The first-order valence-corrected chi connectivity index (χ1v) is 6.35. The fraction of sp³-hybridized carbons (Fsp3) is 0.500. The lowest BCUT2D eigenvalue weighted by atomic mass is 10.0. The number of hydrogen-bond donors (Lipinski definition) is 1. The van der Waals surface area contributed by atoms with Crippen molar-refractivity contribution in [3.8, 4) is 0 Å². The van der Waals surface area contributed by atoms with Gasteiger partial charge in [-0.2, -0.15) is 0 Å². The van der Waals surface area contributed by atoms with Gasteiger partial charge in [-0.15, -0.1) is 0 Å². The lowest BCUT2D eigenvalue weighted by Crippen LogP contribution is -2.33. The van der Waals surface area contributed by atoms with Crippen molar-refractivity contribution < 1.29 is 14.3 Å². The minimum absolute atomic E-state index is 0.180. The maximum atomic E-state index is 13.1. The Labute approximate surface area is 106 Å². The van der Waals surface area contributed by atoms with Gasteiger partial charge in [0.05, 0.1) is 6.42 Å². The zero-order valence-electron chi connectivity index (χ0n) is 10.3. The number of nitrogens with zero attached hydrogens (tertiary/aromatic N) is 1. The third-order valence-corrected chi connectivity index (χ3v) is 3.47. The normalized spacial score (nSPS) is 20.2. The average molecular weight is 251 g/mol. The third kappa shape index (κ3) is 3.53. The standard InChI is InChI=1S/C14H18FNO2/c15-12-4-1-3-11(9-12)10-13-5-2-7-16(13)8-6-14(17)18/h1,3-4,9,13H,2,5-8,10H2,(H,17,18)/t13-/m0/s1. The predicted molar refractivity (Wildman–Crippen MR) is 67.0 cm³/mol. The number of carboxylic acids is 1. The van der Waals surface area contributed by atoms with Crippen molar-refractivity contribution in [2.75, 3.05) is 13.1 Å². The van der Waals surface area contributed by atoms with Gasteiger partial charge in [0.1, 0.15) is 5.82 Å². The van der Waals surface area contributed by atoms with E-state index in [1.54, 1.807) is 12.1 Å². The molecule has 3 nitrogen and oxygen atoms in total. The van der Waals surface area contributed by atoms with Gasteiger partial charge in [0.15, 0.2) is 0 Å². The molecule has 0 aliphatic carbocycles. The van der Waals surface area contributed by atoms with Gasteiger partial charge in [-0.1, -0.05) is 12.1 Å². The summed E-state index contributed by atoms with van der Waals surface area (Å²) < 4.78 is 13.1. The van der Waals surface area contributed by atoms with Crippen molar-refractivity contribution in [1.82, 2.24) is 4.90 Å². The largest absolute Gasteiger partial charge is 0.481 e. The molecule has 2 rings (SSSR count). The summed E-state index contributed by atoms with van der Waals surface area (Å²) in [6.07, 6.45) is 3.15. The number of rotatable bonds is 5. The van der Waals surface area contributed by atoms with Crippen LogP contribution in [0.1, 0.15) is 24.8 Å². The maximum absolute atomic E-state index is 13.1. The number of carbonyl (C=O) groups is 1. The van der Waals surface area contributed by atoms with Gasteiger partial charge < -0.3 is 5.11 Å². The monoisotopic (exact) mass is 251 g/mol. The number of carboxylic acid groups (broad SMARTS) is 1. The molecule has 18 heavy (non-hydrogen) atoms. The predicted octanol–water partition coefficient (Wildman–Crippen LogP) is 2.31. The second-order valence-electron chi connectivity index (χ2n) is 4.81. The van der Waals surface area contributed by atoms with Crippen molar-refractivity contribution in [2.24, 2.45) is 0 Å². The molecule has 0 unspecified atom stereocenters. The first-order valence-electron chi connectivity index (χ1n) is 6.35. The molecule has 98 valence electrons. The molecule has 1 aliphatic rings. The van der Waals surface area contributed by atoms with Gasteiger partial charge in [-0.25, -0.2) is 4.39 Å². The number of likely N-dealkylation sites (tertiary alicyclic amines) is 1. The van der Waals surface area contributed by atoms with E-state index in [0.29, 0.717) is 12.6 Å². The molecular formula is C14H18FNO2. The summed E-state index contributed by atoms with van der Waals surface area (Å²) in [4.78, 5) is 12.8. The topological polar surface area (TPSA) is 40.5 Å². The zero-order chi connectivity index (χ0) is 13.0. The van der Waals surface area contributed by atoms with Crippen LogP contribution in [0.25, 0.3) is 0 Å². The number of hydrogen-bond acceptors (Lipinski definition) is 2. The van der Waals surface area contributed by atoms with Crippen LogP contribution in [-0.2, 0) is 11.2 Å². The van der Waals surface area contributed by atoms with Crippen LogP contribution >= 0.6 is 0 Å². The number of halogens is 1. The minimum Gasteiger partial charge on any atom is -0.481 e. The highest BCUT2D eigenvalue weighted by atomic mass is 19.1. The van der Waals surface area contributed by atoms with E-state index in [2.05, 4.69) is 4.90 Å². The summed E-state index contributed by atoms with van der Waals surface area (Å²) in [7, 11) is 0. The van der Waals surface area contributed by atoms with Gasteiger partial charge in [0, 0.05) is 12.6 Å². The third-order valence-electron chi connectivity index (χ3n) is 3.47. The molecule has 0 spiro atoms. The Morgan fingerprint density at radius 1 is 1.50 bits per heavy atom. The highest BCUT2D eigenvalue weighted by Crippen LogP contribution is 2.21. The molecule has 1 saturated heterocycles. The second kappa shape index (κ2) is 5.96. The Morgan fingerprint density at radius 3 is 3.06 bits per heavy atom. The van der Waals surface area contributed by atoms with Crippen molar-refractivity contribution in [2.45, 2.75) is 31.7 Å². The Balaban J connectivity index is 1.93. The van der Waals surface area contributed by atoms with Crippen LogP contribution in [0.3, 0.4) is 0 Å². The fourth-order valence-corrected chi connectivity index (χ4v) is 2.60. The molecule has 1 N–H and O–H groups in total.